The molecule has 5 heteroatoms. The number of unbranched alkanes of at least 4 members (excludes halogenated alkanes) is 5. The van der Waals surface area contributed by atoms with E-state index < -0.39 is 11.2 Å². The molecule has 31 heavy (non-hydrogen) atoms. The van der Waals surface area contributed by atoms with E-state index in [0.717, 1.165) is 23.2 Å². The highest BCUT2D eigenvalue weighted by Crippen LogP contribution is 2.18. The smallest absolute Gasteiger partial charge is 0.330 e. The minimum absolute atomic E-state index is 0.383. The molecule has 3 rings (SSSR count). The standard InChI is InChI=1S/C26H33N3O2/c1-3-4-5-6-7-8-9-21-14-16-23(17-15-21)27-24-18-25(30)28-26(31)29(24)19-22-12-10-20(2)11-13-22/h10-18,27H,3-9,19H2,1-2H3,(H,28,30,31). The first-order valence-corrected chi connectivity index (χ1v) is 11.3. The van der Waals surface area contributed by atoms with Gasteiger partial charge < -0.3 is 5.32 Å². The molecule has 1 heterocycles. The molecule has 0 saturated heterocycles. The summed E-state index contributed by atoms with van der Waals surface area (Å²) in [5, 5.41) is 3.25. The number of aromatic amines is 1. The van der Waals surface area contributed by atoms with E-state index in [4.69, 9.17) is 0 Å². The molecular formula is C26H33N3O2. The number of benzene rings is 2. The Kier molecular flexibility index (Phi) is 8.27. The van der Waals surface area contributed by atoms with Crippen LogP contribution < -0.4 is 16.6 Å². The van der Waals surface area contributed by atoms with Crippen LogP contribution in [0.25, 0.3) is 0 Å². The molecule has 5 nitrogen and oxygen atoms in total. The zero-order chi connectivity index (χ0) is 22.1. The van der Waals surface area contributed by atoms with Gasteiger partial charge in [0.15, 0.2) is 0 Å². The lowest BCUT2D eigenvalue weighted by atomic mass is 10.0. The Morgan fingerprint density at radius 1 is 0.839 bits per heavy atom. The third-order valence-electron chi connectivity index (χ3n) is 5.54. The van der Waals surface area contributed by atoms with Crippen LogP contribution in [0.15, 0.2) is 64.2 Å². The highest BCUT2D eigenvalue weighted by atomic mass is 16.2. The second-order valence-electron chi connectivity index (χ2n) is 8.24. The minimum atomic E-state index is -0.421. The third kappa shape index (κ3) is 6.99. The van der Waals surface area contributed by atoms with Crippen molar-refractivity contribution in [1.82, 2.24) is 9.55 Å². The lowest BCUT2D eigenvalue weighted by molar-refractivity contribution is 0.607. The van der Waals surface area contributed by atoms with Crippen LogP contribution in [0.4, 0.5) is 11.5 Å². The number of H-pyrrole nitrogens is 1. The van der Waals surface area contributed by atoms with E-state index in [1.165, 1.54) is 50.2 Å². The molecule has 0 aliphatic rings. The third-order valence-corrected chi connectivity index (χ3v) is 5.54. The van der Waals surface area contributed by atoms with Gasteiger partial charge in [-0.3, -0.25) is 14.3 Å². The predicted molar refractivity (Wildman–Crippen MR) is 128 cm³/mol. The lowest BCUT2D eigenvalue weighted by Crippen LogP contribution is -2.31. The van der Waals surface area contributed by atoms with Crippen molar-refractivity contribution in [1.29, 1.82) is 0 Å². The van der Waals surface area contributed by atoms with Crippen molar-refractivity contribution in [2.75, 3.05) is 5.32 Å². The van der Waals surface area contributed by atoms with E-state index in [2.05, 4.69) is 29.4 Å². The summed E-state index contributed by atoms with van der Waals surface area (Å²) in [6.07, 6.45) is 8.82. The first-order chi connectivity index (χ1) is 15.0. The molecule has 0 unspecified atom stereocenters. The number of aryl methyl sites for hydroxylation is 2. The molecule has 0 radical (unpaired) electrons. The monoisotopic (exact) mass is 419 g/mol. The summed E-state index contributed by atoms with van der Waals surface area (Å²) in [7, 11) is 0. The maximum Gasteiger partial charge on any atom is 0.330 e. The fraction of sp³-hybridized carbons (Fsp3) is 0.385. The van der Waals surface area contributed by atoms with E-state index in [1.807, 2.05) is 43.3 Å². The fourth-order valence-corrected chi connectivity index (χ4v) is 3.67. The quantitative estimate of drug-likeness (QED) is 0.401. The Labute approximate surface area is 184 Å². The van der Waals surface area contributed by atoms with E-state index in [0.29, 0.717) is 12.4 Å². The van der Waals surface area contributed by atoms with Gasteiger partial charge in [0.2, 0.25) is 0 Å². The summed E-state index contributed by atoms with van der Waals surface area (Å²) in [5.74, 6) is 0.484. The number of rotatable bonds is 11. The molecule has 0 fully saturated rings. The molecule has 0 spiro atoms. The molecule has 2 aromatic carbocycles. The minimum Gasteiger partial charge on any atom is -0.341 e. The van der Waals surface area contributed by atoms with Crippen molar-refractivity contribution >= 4 is 11.5 Å². The maximum absolute atomic E-state index is 12.5. The summed E-state index contributed by atoms with van der Waals surface area (Å²) >= 11 is 0. The van der Waals surface area contributed by atoms with Crippen LogP contribution >= 0.6 is 0 Å². The van der Waals surface area contributed by atoms with Gasteiger partial charge in [0.1, 0.15) is 5.82 Å². The summed E-state index contributed by atoms with van der Waals surface area (Å²) in [6, 6.07) is 17.7. The highest BCUT2D eigenvalue weighted by Gasteiger charge is 2.08. The zero-order valence-electron chi connectivity index (χ0n) is 18.6. The van der Waals surface area contributed by atoms with Crippen molar-refractivity contribution < 1.29 is 0 Å². The van der Waals surface area contributed by atoms with Crippen LogP contribution in [0.2, 0.25) is 0 Å². The average Bonchev–Trinajstić information content (AvgIpc) is 2.75. The largest absolute Gasteiger partial charge is 0.341 e. The van der Waals surface area contributed by atoms with Crippen LogP contribution in [0, 0.1) is 6.92 Å². The molecule has 1 aromatic heterocycles. The van der Waals surface area contributed by atoms with Crippen molar-refractivity contribution in [3.05, 3.63) is 92.1 Å². The van der Waals surface area contributed by atoms with Gasteiger partial charge >= 0.3 is 5.69 Å². The molecule has 2 N–H and O–H groups in total. The number of aromatic nitrogens is 2. The summed E-state index contributed by atoms with van der Waals surface area (Å²) < 4.78 is 1.55. The second-order valence-corrected chi connectivity index (χ2v) is 8.24. The van der Waals surface area contributed by atoms with Crippen LogP contribution in [0.5, 0.6) is 0 Å². The van der Waals surface area contributed by atoms with Gasteiger partial charge in [0, 0.05) is 11.8 Å². The number of anilines is 2. The molecule has 0 aliphatic heterocycles. The van der Waals surface area contributed by atoms with Gasteiger partial charge in [-0.2, -0.15) is 0 Å². The normalized spacial score (nSPS) is 10.9. The van der Waals surface area contributed by atoms with Crippen LogP contribution in [0.1, 0.15) is 62.1 Å². The van der Waals surface area contributed by atoms with Gasteiger partial charge in [-0.15, -0.1) is 0 Å². The van der Waals surface area contributed by atoms with Crippen molar-refractivity contribution in [2.45, 2.75) is 65.3 Å². The first kappa shape index (κ1) is 22.6. The Hall–Kier alpha value is -3.08. The second kappa shape index (κ2) is 11.3. The molecule has 0 atom stereocenters. The molecule has 3 aromatic rings. The van der Waals surface area contributed by atoms with E-state index in [9.17, 15) is 9.59 Å². The number of nitrogens with one attached hydrogen (secondary N) is 2. The van der Waals surface area contributed by atoms with Crippen molar-refractivity contribution in [2.24, 2.45) is 0 Å². The summed E-state index contributed by atoms with van der Waals surface area (Å²) in [5.41, 5.74) is 3.50. The molecule has 0 amide bonds. The van der Waals surface area contributed by atoms with E-state index in [-0.39, 0.29) is 0 Å². The SMILES string of the molecule is CCCCCCCCc1ccc(Nc2cc(=O)[nH]c(=O)n2Cc2ccc(C)cc2)cc1. The van der Waals surface area contributed by atoms with Crippen LogP contribution in [0.3, 0.4) is 0 Å². The number of hydrogen-bond acceptors (Lipinski definition) is 3. The molecular weight excluding hydrogens is 386 g/mol. The Bertz CT molecular complexity index is 1060. The van der Waals surface area contributed by atoms with Gasteiger partial charge in [-0.1, -0.05) is 81.0 Å². The van der Waals surface area contributed by atoms with Gasteiger partial charge in [0.05, 0.1) is 6.54 Å². The Balaban J connectivity index is 1.67. The van der Waals surface area contributed by atoms with E-state index in [1.54, 1.807) is 4.57 Å². The van der Waals surface area contributed by atoms with E-state index >= 15 is 0 Å². The predicted octanol–water partition coefficient (Wildman–Crippen LogP) is 5.54. The van der Waals surface area contributed by atoms with Gasteiger partial charge in [-0.05, 0) is 43.0 Å². The molecule has 0 aliphatic carbocycles. The van der Waals surface area contributed by atoms with Crippen LogP contribution in [-0.4, -0.2) is 9.55 Å². The fourth-order valence-electron chi connectivity index (χ4n) is 3.67. The molecule has 164 valence electrons. The van der Waals surface area contributed by atoms with Crippen LogP contribution in [-0.2, 0) is 13.0 Å². The maximum atomic E-state index is 12.5. The van der Waals surface area contributed by atoms with Gasteiger partial charge in [-0.25, -0.2) is 4.79 Å². The first-order valence-electron chi connectivity index (χ1n) is 11.3. The number of hydrogen-bond donors (Lipinski definition) is 2. The molecule has 0 saturated carbocycles. The molecule has 0 bridgehead atoms. The topological polar surface area (TPSA) is 66.9 Å². The summed E-state index contributed by atoms with van der Waals surface area (Å²) in [4.78, 5) is 26.7. The Morgan fingerprint density at radius 2 is 1.48 bits per heavy atom. The van der Waals surface area contributed by atoms with Gasteiger partial charge in [0.25, 0.3) is 5.56 Å². The average molecular weight is 420 g/mol. The summed E-state index contributed by atoms with van der Waals surface area (Å²) in [6.45, 7) is 4.65. The highest BCUT2D eigenvalue weighted by molar-refractivity contribution is 5.56. The number of nitrogens with zero attached hydrogens (tertiary/aromatic N) is 1. The zero-order valence-corrected chi connectivity index (χ0v) is 18.6. The lowest BCUT2D eigenvalue weighted by Gasteiger charge is -2.14. The van der Waals surface area contributed by atoms with Crippen molar-refractivity contribution in [3.8, 4) is 0 Å². The Morgan fingerprint density at radius 3 is 2.19 bits per heavy atom. The van der Waals surface area contributed by atoms with Crippen molar-refractivity contribution in [3.63, 3.8) is 0 Å².